The van der Waals surface area contributed by atoms with E-state index in [1.54, 1.807) is 6.07 Å². The molecule has 202 valence electrons. The average Bonchev–Trinajstić information content (AvgIpc) is 3.49. The largest absolute Gasteiger partial charge is 0.492 e. The number of likely N-dealkylation sites (tertiary alicyclic amines) is 2. The van der Waals surface area contributed by atoms with Gasteiger partial charge >= 0.3 is 6.18 Å². The van der Waals surface area contributed by atoms with Crippen LogP contribution in [0, 0.1) is 6.92 Å². The van der Waals surface area contributed by atoms with Crippen molar-refractivity contribution in [3.05, 3.63) is 95.7 Å². The maximum atomic E-state index is 13.8. The number of nitrogens with one attached hydrogen (secondary N) is 1. The van der Waals surface area contributed by atoms with Crippen LogP contribution in [0.4, 0.5) is 24.5 Å². The molecule has 0 radical (unpaired) electrons. The van der Waals surface area contributed by atoms with E-state index in [4.69, 9.17) is 4.74 Å². The third-order valence-electron chi connectivity index (χ3n) is 7.70. The number of aryl methyl sites for hydroxylation is 1. The molecule has 0 aliphatic carbocycles. The van der Waals surface area contributed by atoms with Crippen LogP contribution in [0.1, 0.15) is 23.2 Å². The van der Waals surface area contributed by atoms with Gasteiger partial charge in [0, 0.05) is 66.8 Å². The second-order valence-corrected chi connectivity index (χ2v) is 10.5. The van der Waals surface area contributed by atoms with E-state index in [0.29, 0.717) is 36.6 Å². The van der Waals surface area contributed by atoms with Gasteiger partial charge in [-0.1, -0.05) is 48.5 Å². The Morgan fingerprint density at radius 1 is 0.923 bits per heavy atom. The van der Waals surface area contributed by atoms with Crippen molar-refractivity contribution in [3.63, 3.8) is 0 Å². The Morgan fingerprint density at radius 3 is 2.44 bits per heavy atom. The molecule has 2 atom stereocenters. The molecule has 0 spiro atoms. The lowest BCUT2D eigenvalue weighted by Gasteiger charge is -2.34. The average molecular weight is 533 g/mol. The van der Waals surface area contributed by atoms with Crippen molar-refractivity contribution < 1.29 is 17.9 Å². The SMILES string of the molecule is Cc1cc(Nc2cc(OCCN3CC4CC3CN4Cc3ccccc3)cc(C(F)(F)F)c2)c2ccccc2n1. The van der Waals surface area contributed by atoms with Crippen LogP contribution in [0.25, 0.3) is 10.9 Å². The van der Waals surface area contributed by atoms with E-state index in [2.05, 4.69) is 44.4 Å². The summed E-state index contributed by atoms with van der Waals surface area (Å²) >= 11 is 0. The molecule has 3 aromatic carbocycles. The number of halogens is 3. The maximum Gasteiger partial charge on any atom is 0.416 e. The van der Waals surface area contributed by atoms with Gasteiger partial charge in [-0.25, -0.2) is 0 Å². The minimum absolute atomic E-state index is 0.206. The first kappa shape index (κ1) is 25.6. The quantitative estimate of drug-likeness (QED) is 0.275. The van der Waals surface area contributed by atoms with Crippen molar-refractivity contribution in [2.24, 2.45) is 0 Å². The van der Waals surface area contributed by atoms with Crippen LogP contribution in [0.3, 0.4) is 0 Å². The zero-order chi connectivity index (χ0) is 27.0. The highest BCUT2D eigenvalue weighted by Gasteiger charge is 2.42. The standard InChI is InChI=1S/C31H31F3N4O/c1-21-13-30(28-9-5-6-10-29(28)35-21)36-24-14-23(31(32,33)34)15-27(16-24)39-12-11-37-19-26-17-25(37)20-38(26)18-22-7-3-2-4-8-22/h2-10,13-16,25-26H,11-12,17-20H2,1H3,(H,35,36). The summed E-state index contributed by atoms with van der Waals surface area (Å²) in [5.41, 5.74) is 3.18. The van der Waals surface area contributed by atoms with Gasteiger partial charge < -0.3 is 10.1 Å². The minimum atomic E-state index is -4.48. The highest BCUT2D eigenvalue weighted by molar-refractivity contribution is 5.93. The third kappa shape index (κ3) is 5.72. The van der Waals surface area contributed by atoms with E-state index in [1.165, 1.54) is 5.56 Å². The molecule has 2 saturated heterocycles. The first-order valence-electron chi connectivity index (χ1n) is 13.3. The number of alkyl halides is 3. The lowest BCUT2D eigenvalue weighted by Crippen LogP contribution is -2.47. The van der Waals surface area contributed by atoms with Gasteiger partial charge in [0.2, 0.25) is 0 Å². The van der Waals surface area contributed by atoms with Gasteiger partial charge in [-0.2, -0.15) is 13.2 Å². The van der Waals surface area contributed by atoms with Crippen LogP contribution in [-0.4, -0.2) is 53.1 Å². The summed E-state index contributed by atoms with van der Waals surface area (Å²) in [4.78, 5) is 9.46. The Hall–Kier alpha value is -3.62. The van der Waals surface area contributed by atoms with Gasteiger partial charge in [0.05, 0.1) is 11.1 Å². The van der Waals surface area contributed by atoms with Crippen molar-refractivity contribution in [2.45, 2.75) is 38.1 Å². The number of anilines is 2. The van der Waals surface area contributed by atoms with E-state index in [1.807, 2.05) is 43.3 Å². The smallest absolute Gasteiger partial charge is 0.416 e. The van der Waals surface area contributed by atoms with Gasteiger partial charge in [0.1, 0.15) is 12.4 Å². The fourth-order valence-electron chi connectivity index (χ4n) is 5.88. The summed E-state index contributed by atoms with van der Waals surface area (Å²) in [5, 5.41) is 4.02. The predicted molar refractivity (Wildman–Crippen MR) is 147 cm³/mol. The molecular formula is C31H31F3N4O. The number of benzene rings is 3. The molecule has 2 aliphatic heterocycles. The second kappa shape index (κ2) is 10.5. The Balaban J connectivity index is 1.12. The molecule has 2 unspecified atom stereocenters. The van der Waals surface area contributed by atoms with Crippen molar-refractivity contribution >= 4 is 22.3 Å². The highest BCUT2D eigenvalue weighted by Crippen LogP contribution is 2.36. The first-order valence-corrected chi connectivity index (χ1v) is 13.3. The number of piperazine rings is 1. The van der Waals surface area contributed by atoms with E-state index < -0.39 is 11.7 Å². The summed E-state index contributed by atoms with van der Waals surface area (Å²) in [6.45, 7) is 5.82. The molecule has 6 rings (SSSR count). The summed E-state index contributed by atoms with van der Waals surface area (Å²) < 4.78 is 47.2. The number of rotatable bonds is 8. The van der Waals surface area contributed by atoms with Crippen molar-refractivity contribution in [1.29, 1.82) is 0 Å². The molecule has 0 amide bonds. The normalized spacial score (nSPS) is 19.6. The molecule has 4 aromatic rings. The van der Waals surface area contributed by atoms with Gasteiger partial charge in [0.25, 0.3) is 0 Å². The van der Waals surface area contributed by atoms with Gasteiger partial charge in [-0.15, -0.1) is 0 Å². The topological polar surface area (TPSA) is 40.6 Å². The molecule has 2 bridgehead atoms. The fourth-order valence-corrected chi connectivity index (χ4v) is 5.88. The summed E-state index contributed by atoms with van der Waals surface area (Å²) in [5.74, 6) is 0.206. The number of aromatic nitrogens is 1. The highest BCUT2D eigenvalue weighted by atomic mass is 19.4. The van der Waals surface area contributed by atoms with E-state index in [-0.39, 0.29) is 5.75 Å². The number of fused-ring (bicyclic) bond motifs is 3. The molecule has 5 nitrogen and oxygen atoms in total. The number of hydrogen-bond donors (Lipinski definition) is 1. The molecule has 1 N–H and O–H groups in total. The van der Waals surface area contributed by atoms with Crippen LogP contribution in [0.5, 0.6) is 5.75 Å². The third-order valence-corrected chi connectivity index (χ3v) is 7.70. The van der Waals surface area contributed by atoms with Gasteiger partial charge in [-0.3, -0.25) is 14.8 Å². The molecule has 0 saturated carbocycles. The van der Waals surface area contributed by atoms with E-state index >= 15 is 0 Å². The Kier molecular flexibility index (Phi) is 6.91. The van der Waals surface area contributed by atoms with Crippen LogP contribution in [-0.2, 0) is 12.7 Å². The summed E-state index contributed by atoms with van der Waals surface area (Å²) in [6, 6.07) is 24.7. The Bertz CT molecular complexity index is 1460. The van der Waals surface area contributed by atoms with Crippen molar-refractivity contribution in [1.82, 2.24) is 14.8 Å². The molecule has 2 aliphatic rings. The zero-order valence-electron chi connectivity index (χ0n) is 21.8. The number of pyridine rings is 1. The van der Waals surface area contributed by atoms with Crippen LogP contribution >= 0.6 is 0 Å². The maximum absolute atomic E-state index is 13.8. The molecule has 3 heterocycles. The number of ether oxygens (including phenoxy) is 1. The molecule has 2 fully saturated rings. The molecular weight excluding hydrogens is 501 g/mol. The summed E-state index contributed by atoms with van der Waals surface area (Å²) in [7, 11) is 0. The molecule has 8 heteroatoms. The van der Waals surface area contributed by atoms with Crippen LogP contribution < -0.4 is 10.1 Å². The predicted octanol–water partition coefficient (Wildman–Crippen LogP) is 6.64. The van der Waals surface area contributed by atoms with Gasteiger partial charge in [-0.05, 0) is 43.2 Å². The number of hydrogen-bond acceptors (Lipinski definition) is 5. The molecule has 1 aromatic heterocycles. The van der Waals surface area contributed by atoms with Crippen LogP contribution in [0.2, 0.25) is 0 Å². The van der Waals surface area contributed by atoms with Gasteiger partial charge in [0.15, 0.2) is 0 Å². The Morgan fingerprint density at radius 2 is 1.67 bits per heavy atom. The van der Waals surface area contributed by atoms with Crippen LogP contribution in [0.15, 0.2) is 78.9 Å². The first-order chi connectivity index (χ1) is 18.8. The molecule has 39 heavy (non-hydrogen) atoms. The lowest BCUT2D eigenvalue weighted by molar-refractivity contribution is -0.137. The summed E-state index contributed by atoms with van der Waals surface area (Å²) in [6.07, 6.45) is -3.36. The number of para-hydroxylation sites is 1. The van der Waals surface area contributed by atoms with Crippen molar-refractivity contribution in [3.8, 4) is 5.75 Å². The van der Waals surface area contributed by atoms with Crippen molar-refractivity contribution in [2.75, 3.05) is 31.6 Å². The lowest BCUT2D eigenvalue weighted by atomic mass is 10.1. The van der Waals surface area contributed by atoms with E-state index in [0.717, 1.165) is 54.8 Å². The minimum Gasteiger partial charge on any atom is -0.492 e. The Labute approximate surface area is 226 Å². The number of nitrogens with zero attached hydrogens (tertiary/aromatic N) is 3. The van der Waals surface area contributed by atoms with E-state index in [9.17, 15) is 13.2 Å². The monoisotopic (exact) mass is 532 g/mol. The fraction of sp³-hybridized carbons (Fsp3) is 0.323. The second-order valence-electron chi connectivity index (χ2n) is 10.5. The zero-order valence-corrected chi connectivity index (χ0v) is 21.8.